The molecule has 0 saturated heterocycles. The van der Waals surface area contributed by atoms with Gasteiger partial charge >= 0.3 is 0 Å². The zero-order chi connectivity index (χ0) is 15.0. The van der Waals surface area contributed by atoms with Crippen LogP contribution in [0.4, 0.5) is 14.5 Å². The number of nitrogens with one attached hydrogen (secondary N) is 1. The number of aliphatic imine (C=N–C) groups is 1. The molecule has 6 heteroatoms. The molecule has 0 bridgehead atoms. The highest BCUT2D eigenvalue weighted by Crippen LogP contribution is 2.42. The van der Waals surface area contributed by atoms with E-state index in [4.69, 9.17) is 16.6 Å². The Bertz CT molecular complexity index is 560. The lowest BCUT2D eigenvalue weighted by atomic mass is 9.79. The smallest absolute Gasteiger partial charge is 0.161 e. The van der Waals surface area contributed by atoms with Crippen molar-refractivity contribution in [3.8, 4) is 0 Å². The number of hydrogen-bond donors (Lipinski definition) is 1. The molecule has 1 aromatic rings. The highest BCUT2D eigenvalue weighted by Gasteiger charge is 2.38. The summed E-state index contributed by atoms with van der Waals surface area (Å²) in [5.41, 5.74) is 0.0909. The van der Waals surface area contributed by atoms with E-state index in [1.165, 1.54) is 12.8 Å². The van der Waals surface area contributed by atoms with Crippen LogP contribution in [-0.2, 0) is 0 Å². The highest BCUT2D eigenvalue weighted by molar-refractivity contribution is 8.14. The van der Waals surface area contributed by atoms with Crippen LogP contribution in [0.5, 0.6) is 0 Å². The minimum absolute atomic E-state index is 0.0114. The summed E-state index contributed by atoms with van der Waals surface area (Å²) in [7, 11) is 0. The molecular weight excluding hydrogens is 314 g/mol. The number of rotatable bonds is 1. The quantitative estimate of drug-likeness (QED) is 0.776. The van der Waals surface area contributed by atoms with Crippen molar-refractivity contribution in [3.05, 3.63) is 28.8 Å². The first kappa shape index (κ1) is 15.1. The minimum atomic E-state index is -0.693. The van der Waals surface area contributed by atoms with E-state index in [9.17, 15) is 8.78 Å². The Morgan fingerprint density at radius 3 is 2.71 bits per heavy atom. The predicted molar refractivity (Wildman–Crippen MR) is 85.2 cm³/mol. The topological polar surface area (TPSA) is 24.4 Å². The summed E-state index contributed by atoms with van der Waals surface area (Å²) in [4.78, 5) is 4.76. The number of amidine groups is 1. The zero-order valence-corrected chi connectivity index (χ0v) is 13.3. The van der Waals surface area contributed by atoms with Gasteiger partial charge in [0, 0.05) is 11.8 Å². The van der Waals surface area contributed by atoms with E-state index >= 15 is 0 Å². The van der Waals surface area contributed by atoms with Gasteiger partial charge in [0.05, 0.1) is 16.2 Å². The molecule has 0 unspecified atom stereocenters. The fourth-order valence-electron chi connectivity index (χ4n) is 2.87. The van der Waals surface area contributed by atoms with Gasteiger partial charge in [-0.3, -0.25) is 4.99 Å². The summed E-state index contributed by atoms with van der Waals surface area (Å²) >= 11 is 7.49. The fraction of sp³-hybridized carbons (Fsp3) is 0.533. The molecule has 0 aromatic heterocycles. The second kappa shape index (κ2) is 5.76. The molecule has 1 aliphatic carbocycles. The van der Waals surface area contributed by atoms with Crippen molar-refractivity contribution < 1.29 is 8.78 Å². The van der Waals surface area contributed by atoms with E-state index in [1.807, 2.05) is 0 Å². The normalized spacial score (nSPS) is 28.8. The first-order valence-corrected chi connectivity index (χ1v) is 8.48. The Labute approximate surface area is 132 Å². The van der Waals surface area contributed by atoms with Crippen LogP contribution >= 0.6 is 23.4 Å². The second-order valence-corrected chi connectivity index (χ2v) is 7.35. The molecule has 1 saturated carbocycles. The standard InChI is InChI=1S/C15H17ClF2N2S/c1-9-2-4-15(5-3-9)8-21-14(20-15)19-13-11(16)6-10(17)7-12(13)18/h6-7,9H,2-5,8H2,1H3,(H,19,20). The maximum atomic E-state index is 13.8. The Hall–Kier alpha value is -0.810. The lowest BCUT2D eigenvalue weighted by molar-refractivity contribution is 0.273. The third-order valence-electron chi connectivity index (χ3n) is 4.26. The van der Waals surface area contributed by atoms with Crippen molar-refractivity contribution in [3.63, 3.8) is 0 Å². The number of hydrogen-bond acceptors (Lipinski definition) is 3. The average molecular weight is 331 g/mol. The van der Waals surface area contributed by atoms with Crippen LogP contribution in [0.2, 0.25) is 5.02 Å². The molecule has 1 aliphatic heterocycles. The number of thioether (sulfide) groups is 1. The van der Waals surface area contributed by atoms with E-state index in [-0.39, 0.29) is 16.2 Å². The van der Waals surface area contributed by atoms with Gasteiger partial charge in [-0.05, 0) is 37.7 Å². The lowest BCUT2D eigenvalue weighted by Crippen LogP contribution is -2.32. The summed E-state index contributed by atoms with van der Waals surface area (Å²) in [6.45, 7) is 2.27. The molecule has 1 fully saturated rings. The van der Waals surface area contributed by atoms with Gasteiger partial charge in [0.1, 0.15) is 5.82 Å². The van der Waals surface area contributed by atoms with Crippen LogP contribution < -0.4 is 5.32 Å². The summed E-state index contributed by atoms with van der Waals surface area (Å²) in [6.07, 6.45) is 4.52. The molecule has 1 spiro atoms. The molecule has 0 atom stereocenters. The van der Waals surface area contributed by atoms with E-state index in [0.29, 0.717) is 5.17 Å². The van der Waals surface area contributed by atoms with Crippen LogP contribution in [0.15, 0.2) is 17.1 Å². The molecule has 3 rings (SSSR count). The number of anilines is 1. The van der Waals surface area contributed by atoms with Crippen molar-refractivity contribution in [1.29, 1.82) is 0 Å². The van der Waals surface area contributed by atoms with Crippen molar-refractivity contribution >= 4 is 34.2 Å². The minimum Gasteiger partial charge on any atom is -0.331 e. The predicted octanol–water partition coefficient (Wildman–Crippen LogP) is 5.08. The average Bonchev–Trinajstić information content (AvgIpc) is 2.81. The summed E-state index contributed by atoms with van der Waals surface area (Å²) in [6, 6.07) is 1.93. The largest absolute Gasteiger partial charge is 0.331 e. The molecule has 2 nitrogen and oxygen atoms in total. The molecule has 1 aromatic carbocycles. The number of halogens is 3. The maximum absolute atomic E-state index is 13.8. The van der Waals surface area contributed by atoms with Crippen molar-refractivity contribution in [2.75, 3.05) is 11.1 Å². The van der Waals surface area contributed by atoms with Gasteiger partial charge in [-0.25, -0.2) is 8.78 Å². The Morgan fingerprint density at radius 2 is 2.05 bits per heavy atom. The van der Waals surface area contributed by atoms with Gasteiger partial charge < -0.3 is 5.32 Å². The first-order chi connectivity index (χ1) is 9.97. The summed E-state index contributed by atoms with van der Waals surface area (Å²) < 4.78 is 26.9. The number of benzene rings is 1. The monoisotopic (exact) mass is 330 g/mol. The second-order valence-electron chi connectivity index (χ2n) is 5.98. The van der Waals surface area contributed by atoms with E-state index in [2.05, 4.69) is 12.2 Å². The highest BCUT2D eigenvalue weighted by atomic mass is 35.5. The molecule has 2 aliphatic rings. The molecule has 1 N–H and O–H groups in total. The van der Waals surface area contributed by atoms with Gasteiger partial charge in [0.25, 0.3) is 0 Å². The van der Waals surface area contributed by atoms with Gasteiger partial charge in [0.15, 0.2) is 11.0 Å². The van der Waals surface area contributed by atoms with Crippen molar-refractivity contribution in [1.82, 2.24) is 0 Å². The third kappa shape index (κ3) is 3.19. The van der Waals surface area contributed by atoms with Gasteiger partial charge in [-0.2, -0.15) is 0 Å². The first-order valence-electron chi connectivity index (χ1n) is 7.12. The van der Waals surface area contributed by atoms with Crippen LogP contribution in [-0.4, -0.2) is 16.5 Å². The molecule has 1 heterocycles. The molecule has 0 amide bonds. The Kier molecular flexibility index (Phi) is 4.14. The third-order valence-corrected chi connectivity index (χ3v) is 5.71. The van der Waals surface area contributed by atoms with Crippen LogP contribution in [0.1, 0.15) is 32.6 Å². The zero-order valence-electron chi connectivity index (χ0n) is 11.8. The van der Waals surface area contributed by atoms with E-state index in [1.54, 1.807) is 11.8 Å². The molecule has 21 heavy (non-hydrogen) atoms. The van der Waals surface area contributed by atoms with Gasteiger partial charge in [-0.15, -0.1) is 0 Å². The van der Waals surface area contributed by atoms with Crippen molar-refractivity contribution in [2.24, 2.45) is 10.9 Å². The van der Waals surface area contributed by atoms with E-state index < -0.39 is 11.6 Å². The maximum Gasteiger partial charge on any atom is 0.161 e. The number of nitrogens with zero attached hydrogens (tertiary/aromatic N) is 1. The summed E-state index contributed by atoms with van der Waals surface area (Å²) in [5, 5.41) is 3.64. The Balaban J connectivity index is 1.77. The fourth-order valence-corrected chi connectivity index (χ4v) is 4.30. The van der Waals surface area contributed by atoms with E-state index in [0.717, 1.165) is 36.6 Å². The van der Waals surface area contributed by atoms with Gasteiger partial charge in [-0.1, -0.05) is 30.3 Å². The molecule has 0 radical (unpaired) electrons. The SMILES string of the molecule is CC1CCC2(CC1)CSC(Nc1c(F)cc(F)cc1Cl)=N2. The summed E-state index contributed by atoms with van der Waals surface area (Å²) in [5.74, 6) is 0.308. The van der Waals surface area contributed by atoms with Crippen LogP contribution in [0, 0.1) is 17.6 Å². The molecular formula is C15H17ClF2N2S. The van der Waals surface area contributed by atoms with Crippen LogP contribution in [0.25, 0.3) is 0 Å². The van der Waals surface area contributed by atoms with Crippen molar-refractivity contribution in [2.45, 2.75) is 38.1 Å². The Morgan fingerprint density at radius 1 is 1.33 bits per heavy atom. The lowest BCUT2D eigenvalue weighted by Gasteiger charge is -2.32. The van der Waals surface area contributed by atoms with Gasteiger partial charge in [0.2, 0.25) is 0 Å². The molecule has 114 valence electrons. The van der Waals surface area contributed by atoms with Crippen LogP contribution in [0.3, 0.4) is 0 Å².